The second-order valence-electron chi connectivity index (χ2n) is 4.82. The Morgan fingerprint density at radius 1 is 1.18 bits per heavy atom. The first kappa shape index (κ1) is 16.9. The van der Waals surface area contributed by atoms with Crippen molar-refractivity contribution in [3.05, 3.63) is 0 Å². The molecule has 17 heavy (non-hydrogen) atoms. The highest BCUT2D eigenvalue weighted by atomic mass is 32.2. The van der Waals surface area contributed by atoms with Crippen LogP contribution in [0.3, 0.4) is 0 Å². The lowest BCUT2D eigenvalue weighted by molar-refractivity contribution is 0.346. The monoisotopic (exact) mass is 263 g/mol. The van der Waals surface area contributed by atoms with Gasteiger partial charge in [-0.2, -0.15) is 0 Å². The lowest BCUT2D eigenvalue weighted by Gasteiger charge is -2.24. The number of sulfone groups is 1. The van der Waals surface area contributed by atoms with Crippen LogP contribution in [0.5, 0.6) is 0 Å². The molecule has 0 saturated carbocycles. The number of nitrogens with one attached hydrogen (secondary N) is 1. The Labute approximate surface area is 107 Å². The Morgan fingerprint density at radius 3 is 2.29 bits per heavy atom. The van der Waals surface area contributed by atoms with E-state index in [4.69, 9.17) is 0 Å². The van der Waals surface area contributed by atoms with Crippen LogP contribution in [0.2, 0.25) is 0 Å². The van der Waals surface area contributed by atoms with E-state index in [2.05, 4.69) is 26.1 Å². The van der Waals surface area contributed by atoms with Gasteiger partial charge in [0.25, 0.3) is 0 Å². The highest BCUT2D eigenvalue weighted by molar-refractivity contribution is 7.91. The van der Waals surface area contributed by atoms with Crippen molar-refractivity contribution in [2.24, 2.45) is 5.92 Å². The van der Waals surface area contributed by atoms with Gasteiger partial charge in [0.05, 0.1) is 5.75 Å². The van der Waals surface area contributed by atoms with Gasteiger partial charge in [-0.05, 0) is 31.7 Å². The predicted molar refractivity (Wildman–Crippen MR) is 75.1 cm³/mol. The molecule has 0 aliphatic rings. The molecule has 0 fully saturated rings. The molecule has 0 aliphatic heterocycles. The van der Waals surface area contributed by atoms with Crippen LogP contribution in [-0.4, -0.2) is 32.5 Å². The van der Waals surface area contributed by atoms with Gasteiger partial charge in [0, 0.05) is 11.8 Å². The molecule has 0 aromatic heterocycles. The SMILES string of the molecule is CCCNC(CCCS(=O)(=O)CC)C(C)CC. The summed E-state index contributed by atoms with van der Waals surface area (Å²) in [6, 6.07) is 0.465. The minimum atomic E-state index is -2.80. The normalized spacial score (nSPS) is 15.8. The quantitative estimate of drug-likeness (QED) is 0.659. The maximum Gasteiger partial charge on any atom is 0.150 e. The van der Waals surface area contributed by atoms with Gasteiger partial charge in [-0.3, -0.25) is 0 Å². The average Bonchev–Trinajstić information content (AvgIpc) is 2.32. The summed E-state index contributed by atoms with van der Waals surface area (Å²) in [5, 5.41) is 3.53. The molecule has 0 radical (unpaired) electrons. The minimum absolute atomic E-state index is 0.267. The molecule has 3 nitrogen and oxygen atoms in total. The van der Waals surface area contributed by atoms with Crippen LogP contribution in [0.1, 0.15) is 53.4 Å². The zero-order chi connectivity index (χ0) is 13.3. The molecular formula is C13H29NO2S. The zero-order valence-corrected chi connectivity index (χ0v) is 12.6. The van der Waals surface area contributed by atoms with E-state index in [-0.39, 0.29) is 5.75 Å². The summed E-state index contributed by atoms with van der Waals surface area (Å²) in [4.78, 5) is 0. The molecular weight excluding hydrogens is 234 g/mol. The van der Waals surface area contributed by atoms with Crippen LogP contribution in [0.15, 0.2) is 0 Å². The van der Waals surface area contributed by atoms with Crippen LogP contribution in [0.4, 0.5) is 0 Å². The fraction of sp³-hybridized carbons (Fsp3) is 1.00. The lowest BCUT2D eigenvalue weighted by atomic mass is 9.95. The highest BCUT2D eigenvalue weighted by Crippen LogP contribution is 2.13. The smallest absolute Gasteiger partial charge is 0.150 e. The van der Waals surface area contributed by atoms with Gasteiger partial charge in [0.15, 0.2) is 0 Å². The molecule has 2 atom stereocenters. The maximum atomic E-state index is 11.4. The van der Waals surface area contributed by atoms with Gasteiger partial charge in [0.1, 0.15) is 9.84 Å². The Kier molecular flexibility index (Phi) is 8.88. The van der Waals surface area contributed by atoms with Gasteiger partial charge in [-0.1, -0.05) is 34.1 Å². The third-order valence-corrected chi connectivity index (χ3v) is 5.19. The Bertz CT molecular complexity index is 275. The van der Waals surface area contributed by atoms with Crippen molar-refractivity contribution in [1.29, 1.82) is 0 Å². The molecule has 0 amide bonds. The summed E-state index contributed by atoms with van der Waals surface area (Å²) in [7, 11) is -2.80. The molecule has 0 saturated heterocycles. The number of hydrogen-bond donors (Lipinski definition) is 1. The fourth-order valence-electron chi connectivity index (χ4n) is 1.87. The molecule has 0 aromatic rings. The van der Waals surface area contributed by atoms with E-state index >= 15 is 0 Å². The van der Waals surface area contributed by atoms with Gasteiger partial charge in [0.2, 0.25) is 0 Å². The van der Waals surface area contributed by atoms with Crippen LogP contribution < -0.4 is 5.32 Å². The van der Waals surface area contributed by atoms with Crippen molar-refractivity contribution in [1.82, 2.24) is 5.32 Å². The topological polar surface area (TPSA) is 46.2 Å². The number of rotatable bonds is 10. The first-order valence-electron chi connectivity index (χ1n) is 6.90. The Balaban J connectivity index is 4.07. The van der Waals surface area contributed by atoms with Crippen molar-refractivity contribution in [2.75, 3.05) is 18.1 Å². The molecule has 0 aliphatic carbocycles. The first-order valence-corrected chi connectivity index (χ1v) is 8.72. The first-order chi connectivity index (χ1) is 7.96. The largest absolute Gasteiger partial charge is 0.314 e. The summed E-state index contributed by atoms with van der Waals surface area (Å²) in [6.07, 6.45) is 4.01. The highest BCUT2D eigenvalue weighted by Gasteiger charge is 2.16. The van der Waals surface area contributed by atoms with E-state index in [1.165, 1.54) is 0 Å². The second kappa shape index (κ2) is 8.92. The molecule has 4 heteroatoms. The van der Waals surface area contributed by atoms with Gasteiger partial charge in [-0.25, -0.2) is 8.42 Å². The fourth-order valence-corrected chi connectivity index (χ4v) is 2.76. The summed E-state index contributed by atoms with van der Waals surface area (Å²) in [6.45, 7) is 9.32. The molecule has 0 rings (SSSR count). The van der Waals surface area contributed by atoms with E-state index in [1.807, 2.05) is 0 Å². The minimum Gasteiger partial charge on any atom is -0.314 e. The third kappa shape index (κ3) is 7.77. The van der Waals surface area contributed by atoms with Crippen LogP contribution in [-0.2, 0) is 9.84 Å². The van der Waals surface area contributed by atoms with Gasteiger partial charge >= 0.3 is 0 Å². The van der Waals surface area contributed by atoms with Crippen molar-refractivity contribution in [2.45, 2.75) is 59.4 Å². The molecule has 0 aromatic carbocycles. The molecule has 2 unspecified atom stereocenters. The average molecular weight is 263 g/mol. The van der Waals surface area contributed by atoms with Gasteiger partial charge in [-0.15, -0.1) is 0 Å². The second-order valence-corrected chi connectivity index (χ2v) is 7.30. The summed E-state index contributed by atoms with van der Waals surface area (Å²) < 4.78 is 22.8. The Hall–Kier alpha value is -0.0900. The number of hydrogen-bond acceptors (Lipinski definition) is 3. The molecule has 0 bridgehead atoms. The maximum absolute atomic E-state index is 11.4. The van der Waals surface area contributed by atoms with Crippen molar-refractivity contribution >= 4 is 9.84 Å². The lowest BCUT2D eigenvalue weighted by Crippen LogP contribution is -2.35. The summed E-state index contributed by atoms with van der Waals surface area (Å²) in [5.41, 5.74) is 0. The molecule has 0 spiro atoms. The molecule has 0 heterocycles. The molecule has 1 N–H and O–H groups in total. The van der Waals surface area contributed by atoms with Crippen LogP contribution >= 0.6 is 0 Å². The predicted octanol–water partition coefficient (Wildman–Crippen LogP) is 2.62. The van der Waals surface area contributed by atoms with Crippen molar-refractivity contribution in [3.63, 3.8) is 0 Å². The summed E-state index contributed by atoms with van der Waals surface area (Å²) >= 11 is 0. The van der Waals surface area contributed by atoms with Crippen molar-refractivity contribution < 1.29 is 8.42 Å². The summed E-state index contributed by atoms with van der Waals surface area (Å²) in [5.74, 6) is 1.22. The van der Waals surface area contributed by atoms with Crippen molar-refractivity contribution in [3.8, 4) is 0 Å². The van der Waals surface area contributed by atoms with Gasteiger partial charge < -0.3 is 5.32 Å². The third-order valence-electron chi connectivity index (χ3n) is 3.40. The van der Waals surface area contributed by atoms with E-state index < -0.39 is 9.84 Å². The molecule has 104 valence electrons. The van der Waals surface area contributed by atoms with E-state index in [0.717, 1.165) is 32.2 Å². The van der Waals surface area contributed by atoms with Crippen LogP contribution in [0, 0.1) is 5.92 Å². The Morgan fingerprint density at radius 2 is 1.82 bits per heavy atom. The van der Waals surface area contributed by atoms with E-state index in [9.17, 15) is 8.42 Å². The zero-order valence-electron chi connectivity index (χ0n) is 11.8. The van der Waals surface area contributed by atoms with E-state index in [0.29, 0.717) is 17.7 Å². The standard InChI is InChI=1S/C13H29NO2S/c1-5-10-14-13(12(4)6-2)9-8-11-17(15,16)7-3/h12-14H,5-11H2,1-4H3. The van der Waals surface area contributed by atoms with Crippen LogP contribution in [0.25, 0.3) is 0 Å². The van der Waals surface area contributed by atoms with E-state index in [1.54, 1.807) is 6.92 Å².